The van der Waals surface area contributed by atoms with Crippen molar-refractivity contribution in [3.05, 3.63) is 382 Å². The molecule has 0 heterocycles. The van der Waals surface area contributed by atoms with Crippen LogP contribution in [0, 0.1) is 83.1 Å². The topological polar surface area (TPSA) is 55.4 Å². The van der Waals surface area contributed by atoms with E-state index in [1.54, 1.807) is 0 Å². The zero-order chi connectivity index (χ0) is 92.2. The molecule has 0 unspecified atom stereocenters. The molecule has 0 atom stereocenters. The second-order valence-corrected chi connectivity index (χ2v) is 43.4. The third kappa shape index (κ3) is 17.9. The van der Waals surface area contributed by atoms with Crippen molar-refractivity contribution in [2.45, 2.75) is 276 Å². The van der Waals surface area contributed by atoms with E-state index in [4.69, 9.17) is 28.4 Å². The van der Waals surface area contributed by atoms with E-state index in [9.17, 15) is 0 Å². The van der Waals surface area contributed by atoms with Crippen LogP contribution in [0.5, 0.6) is 34.5 Å². The van der Waals surface area contributed by atoms with Crippen molar-refractivity contribution >= 4 is 0 Å². The standard InChI is InChI=1S/C120H144O6/c1-67-37-43-85(73(7)49-67)103-91-55-79(115(13,14)15)57-93(109(91)121-31)104(86-44-38-68(2)50-74(86)8)95-59-81(117(19,20)21)61-97(111(95)123-33)106(88-46-40-70(4)52-76(88)10)99-63-83(119(25,26)27)65-101(113(99)125-35)108(90-48-42-72(6)54-78(90)12)102-66-84(120(28,29)30)64-100(114(102)126-36)107(89-47-41-71(5)53-77(89)11)98-62-82(118(22,23)24)60-96(112(98)124-34)105(87-45-39-69(3)51-75(87)9)94-58-80(116(16,17)18)56-92(103)110(94)122-32/h37-66,103-108H,1-36H3. The van der Waals surface area contributed by atoms with Crippen LogP contribution in [0.4, 0.5) is 0 Å². The first kappa shape index (κ1) is 93.1. The van der Waals surface area contributed by atoms with Crippen LogP contribution in [-0.2, 0) is 32.5 Å². The van der Waals surface area contributed by atoms with Crippen molar-refractivity contribution < 1.29 is 28.4 Å². The van der Waals surface area contributed by atoms with Gasteiger partial charge in [0.1, 0.15) is 34.5 Å². The highest BCUT2D eigenvalue weighted by Crippen LogP contribution is 2.60. The first-order chi connectivity index (χ1) is 58.9. The molecule has 126 heavy (non-hydrogen) atoms. The summed E-state index contributed by atoms with van der Waals surface area (Å²) in [5, 5.41) is 0. The van der Waals surface area contributed by atoms with Gasteiger partial charge in [-0.1, -0.05) is 340 Å². The third-order valence-electron chi connectivity index (χ3n) is 27.4. The summed E-state index contributed by atoms with van der Waals surface area (Å²) >= 11 is 0. The molecule has 1 aliphatic rings. The number of fused-ring (bicyclic) bond motifs is 12. The summed E-state index contributed by atoms with van der Waals surface area (Å²) in [6.07, 6.45) is 0. The van der Waals surface area contributed by atoms with Crippen LogP contribution in [0.3, 0.4) is 0 Å². The Morgan fingerprint density at radius 2 is 0.254 bits per heavy atom. The van der Waals surface area contributed by atoms with E-state index in [2.05, 4.69) is 390 Å². The number of hydrogen-bond acceptors (Lipinski definition) is 6. The van der Waals surface area contributed by atoms with Gasteiger partial charge in [-0.2, -0.15) is 0 Å². The molecule has 0 saturated heterocycles. The molecule has 0 amide bonds. The van der Waals surface area contributed by atoms with Gasteiger partial charge in [0.2, 0.25) is 0 Å². The fraction of sp³-hybridized carbons (Fsp3) is 0.400. The molecule has 12 aromatic carbocycles. The maximum Gasteiger partial charge on any atom is 0.127 e. The number of hydrogen-bond donors (Lipinski definition) is 0. The highest BCUT2D eigenvalue weighted by atomic mass is 16.5. The molecule has 0 N–H and O–H groups in total. The molecule has 12 bridgehead atoms. The third-order valence-corrected chi connectivity index (χ3v) is 27.4. The largest absolute Gasteiger partial charge is 0.496 e. The van der Waals surface area contributed by atoms with Gasteiger partial charge in [0, 0.05) is 102 Å². The molecule has 0 aliphatic heterocycles. The van der Waals surface area contributed by atoms with E-state index in [0.717, 1.165) is 168 Å². The van der Waals surface area contributed by atoms with E-state index < -0.39 is 68.0 Å². The van der Waals surface area contributed by atoms with Gasteiger partial charge < -0.3 is 28.4 Å². The van der Waals surface area contributed by atoms with Crippen molar-refractivity contribution in [3.8, 4) is 34.5 Å². The fourth-order valence-corrected chi connectivity index (χ4v) is 20.5. The Hall–Kier alpha value is -10.6. The van der Waals surface area contributed by atoms with E-state index in [-0.39, 0.29) is 0 Å². The first-order valence-corrected chi connectivity index (χ1v) is 45.7. The van der Waals surface area contributed by atoms with Crippen LogP contribution >= 0.6 is 0 Å². The minimum Gasteiger partial charge on any atom is -0.496 e. The van der Waals surface area contributed by atoms with Gasteiger partial charge in [0.15, 0.2) is 0 Å². The van der Waals surface area contributed by atoms with Crippen molar-refractivity contribution in [2.75, 3.05) is 42.7 Å². The number of benzene rings is 12. The molecule has 0 radical (unpaired) electrons. The number of methoxy groups -OCH3 is 6. The number of ether oxygens (including phenoxy) is 6. The lowest BCUT2D eigenvalue weighted by Crippen LogP contribution is -2.22. The van der Waals surface area contributed by atoms with Gasteiger partial charge >= 0.3 is 0 Å². The lowest BCUT2D eigenvalue weighted by Gasteiger charge is -2.36. The van der Waals surface area contributed by atoms with Crippen molar-refractivity contribution in [3.63, 3.8) is 0 Å². The van der Waals surface area contributed by atoms with Crippen LogP contribution in [0.15, 0.2) is 182 Å². The number of aryl methyl sites for hydroxylation is 12. The summed E-state index contributed by atoms with van der Waals surface area (Å²) in [4.78, 5) is 0. The maximum absolute atomic E-state index is 7.62. The molecule has 0 saturated carbocycles. The molecule has 12 aromatic rings. The smallest absolute Gasteiger partial charge is 0.127 e. The van der Waals surface area contributed by atoms with Gasteiger partial charge in [-0.15, -0.1) is 0 Å². The van der Waals surface area contributed by atoms with Crippen LogP contribution < -0.4 is 28.4 Å². The van der Waals surface area contributed by atoms with Gasteiger partial charge in [-0.25, -0.2) is 0 Å². The summed E-state index contributed by atoms with van der Waals surface area (Å²) in [5.74, 6) is 1.66. The minimum absolute atomic E-state index is 0.410. The van der Waals surface area contributed by atoms with E-state index >= 15 is 0 Å². The fourth-order valence-electron chi connectivity index (χ4n) is 20.5. The zero-order valence-corrected chi connectivity index (χ0v) is 83.2. The molecule has 6 nitrogen and oxygen atoms in total. The van der Waals surface area contributed by atoms with Crippen LogP contribution in [0.1, 0.15) is 360 Å². The Morgan fingerprint density at radius 3 is 0.333 bits per heavy atom. The molecular weight excluding hydrogens is 1540 g/mol. The second kappa shape index (κ2) is 34.9. The van der Waals surface area contributed by atoms with Gasteiger partial charge in [0.25, 0.3) is 0 Å². The SMILES string of the molecule is COc1c2cc(C(C)(C)C)cc1C(c1ccc(C)cc1C)c1cc(C(C)(C)C)cc(c1OC)C(c1ccc(C)cc1C)c1cc(C(C)(C)C)cc(c1OC)C(c1ccc(C)cc1C)c1cc(C(C)(C)C)cc(c1OC)C(c1ccc(C)cc1C)c1cc(C(C)(C)C)cc(c1OC)C(c1ccc(C)cc1C)c1cc(C(C)(C)C)cc(c1OC)C2c1ccc(C)cc1C. The predicted octanol–water partition coefficient (Wildman–Crippen LogP) is 30.6. The van der Waals surface area contributed by atoms with Gasteiger partial charge in [-0.05, 0) is 216 Å². The monoisotopic (exact) mass is 1680 g/mol. The van der Waals surface area contributed by atoms with E-state index in [0.29, 0.717) is 0 Å². The van der Waals surface area contributed by atoms with Crippen LogP contribution in [-0.4, -0.2) is 42.7 Å². The van der Waals surface area contributed by atoms with E-state index in [1.165, 1.54) is 66.8 Å². The van der Waals surface area contributed by atoms with Crippen LogP contribution in [0.2, 0.25) is 0 Å². The van der Waals surface area contributed by atoms with Gasteiger partial charge in [0.05, 0.1) is 42.7 Å². The predicted molar refractivity (Wildman–Crippen MR) is 531 cm³/mol. The van der Waals surface area contributed by atoms with Crippen molar-refractivity contribution in [1.29, 1.82) is 0 Å². The Morgan fingerprint density at radius 1 is 0.151 bits per heavy atom. The molecule has 6 heteroatoms. The summed E-state index contributed by atoms with van der Waals surface area (Å²) in [6, 6.07) is 72.2. The average Bonchev–Trinajstić information content (AvgIpc) is 0.723. The second-order valence-electron chi connectivity index (χ2n) is 43.4. The molecule has 660 valence electrons. The van der Waals surface area contributed by atoms with Crippen molar-refractivity contribution in [1.82, 2.24) is 0 Å². The maximum atomic E-state index is 7.62. The minimum atomic E-state index is -0.511. The Balaban J connectivity index is 1.41. The summed E-state index contributed by atoms with van der Waals surface area (Å²) < 4.78 is 45.7. The molecule has 0 aromatic heterocycles. The Labute approximate surface area is 758 Å². The van der Waals surface area contributed by atoms with Crippen molar-refractivity contribution in [2.24, 2.45) is 0 Å². The lowest BCUT2D eigenvalue weighted by molar-refractivity contribution is 0.388. The average molecular weight is 1680 g/mol. The molecular formula is C120H144O6. The summed E-state index contributed by atoms with van der Waals surface area (Å²) in [5.41, 5.74) is 37.8. The first-order valence-electron chi connectivity index (χ1n) is 45.7. The normalized spacial score (nSPS) is 16.6. The van der Waals surface area contributed by atoms with E-state index in [1.807, 2.05) is 42.7 Å². The molecule has 13 rings (SSSR count). The highest BCUT2D eigenvalue weighted by Gasteiger charge is 2.44. The quantitative estimate of drug-likeness (QED) is 0.121. The Bertz CT molecular complexity index is 5040. The number of rotatable bonds is 12. The molecule has 0 fully saturated rings. The lowest BCUT2D eigenvalue weighted by atomic mass is 9.69. The summed E-state index contributed by atoms with van der Waals surface area (Å²) in [7, 11) is 11.4. The Kier molecular flexibility index (Phi) is 25.8. The summed E-state index contributed by atoms with van der Waals surface area (Å²) in [6.45, 7) is 69.7. The molecule has 1 aliphatic carbocycles. The highest BCUT2D eigenvalue weighted by molar-refractivity contribution is 5.73. The molecule has 0 spiro atoms. The van der Waals surface area contributed by atoms with Crippen LogP contribution in [0.25, 0.3) is 0 Å². The van der Waals surface area contributed by atoms with Gasteiger partial charge in [-0.3, -0.25) is 0 Å². The zero-order valence-electron chi connectivity index (χ0n) is 83.2.